The summed E-state index contributed by atoms with van der Waals surface area (Å²) in [6.07, 6.45) is 3.81. The van der Waals surface area contributed by atoms with E-state index in [-0.39, 0.29) is 27.9 Å². The largest absolute Gasteiger partial charge is 0.417 e. The SMILES string of the molecule is C=C1CC[C@@H]2[C@](C)(CC(Cl)C(Cl)[C@@]2(C)CO[Si](C)(C)C)[C@H]1CC1OCCO1. The summed E-state index contributed by atoms with van der Waals surface area (Å²) in [6.45, 7) is 17.9. The number of allylic oxidation sites excluding steroid dienone is 1. The Bertz CT molecular complexity index is 560. The Balaban J connectivity index is 1.90. The number of halogens is 2. The number of hydrogen-bond donors (Lipinski definition) is 0. The minimum atomic E-state index is -1.64. The van der Waals surface area contributed by atoms with Crippen LogP contribution in [0.1, 0.15) is 39.5 Å². The first-order valence-electron chi connectivity index (χ1n) is 10.3. The molecule has 3 nitrogen and oxygen atoms in total. The van der Waals surface area contributed by atoms with E-state index in [2.05, 4.69) is 40.1 Å². The summed E-state index contributed by atoms with van der Waals surface area (Å²) in [5, 5.41) is -0.151. The number of ether oxygens (including phenoxy) is 2. The van der Waals surface area contributed by atoms with Crippen LogP contribution < -0.4 is 0 Å². The average molecular weight is 436 g/mol. The number of rotatable bonds is 5. The highest BCUT2D eigenvalue weighted by Crippen LogP contribution is 2.64. The van der Waals surface area contributed by atoms with Crippen LogP contribution in [0.25, 0.3) is 0 Å². The summed E-state index contributed by atoms with van der Waals surface area (Å²) in [4.78, 5) is 0. The van der Waals surface area contributed by atoms with E-state index >= 15 is 0 Å². The monoisotopic (exact) mass is 434 g/mol. The van der Waals surface area contributed by atoms with Crippen LogP contribution in [-0.2, 0) is 13.9 Å². The van der Waals surface area contributed by atoms with Crippen molar-refractivity contribution in [1.29, 1.82) is 0 Å². The Morgan fingerprint density at radius 3 is 2.41 bits per heavy atom. The predicted molar refractivity (Wildman–Crippen MR) is 115 cm³/mol. The van der Waals surface area contributed by atoms with E-state index in [1.807, 2.05) is 0 Å². The maximum atomic E-state index is 6.97. The standard InChI is InChI=1S/C21H36Cl2O3Si/c1-14-7-8-17-20(2,15(14)11-18-24-9-10-25-18)12-16(22)19(23)21(17,3)13-26-27(4,5)6/h15-19H,1,7-13H2,2-6H3/t15-,16?,17+,19?,20+,21-/m0/s1. The molecule has 156 valence electrons. The minimum Gasteiger partial charge on any atom is -0.417 e. The van der Waals surface area contributed by atoms with Crippen LogP contribution in [0.3, 0.4) is 0 Å². The molecule has 6 atom stereocenters. The fraction of sp³-hybridized carbons (Fsp3) is 0.905. The number of hydrogen-bond acceptors (Lipinski definition) is 3. The molecule has 2 unspecified atom stereocenters. The van der Waals surface area contributed by atoms with Crippen LogP contribution >= 0.6 is 23.2 Å². The molecule has 0 aromatic heterocycles. The zero-order chi connectivity index (χ0) is 20.0. The quantitative estimate of drug-likeness (QED) is 0.310. The van der Waals surface area contributed by atoms with Gasteiger partial charge in [-0.3, -0.25) is 0 Å². The molecule has 2 saturated carbocycles. The molecule has 2 aliphatic carbocycles. The van der Waals surface area contributed by atoms with Crippen molar-refractivity contribution >= 4 is 31.5 Å². The van der Waals surface area contributed by atoms with Gasteiger partial charge in [0.2, 0.25) is 0 Å². The fourth-order valence-electron chi connectivity index (χ4n) is 5.76. The van der Waals surface area contributed by atoms with Gasteiger partial charge in [-0.25, -0.2) is 0 Å². The van der Waals surface area contributed by atoms with Crippen molar-refractivity contribution in [2.75, 3.05) is 19.8 Å². The molecule has 0 amide bonds. The van der Waals surface area contributed by atoms with Gasteiger partial charge in [0.25, 0.3) is 0 Å². The lowest BCUT2D eigenvalue weighted by molar-refractivity contribution is -0.112. The summed E-state index contributed by atoms with van der Waals surface area (Å²) in [6, 6.07) is 0. The number of alkyl halides is 2. The first-order chi connectivity index (χ1) is 12.5. The van der Waals surface area contributed by atoms with Gasteiger partial charge in [-0.1, -0.05) is 26.0 Å². The van der Waals surface area contributed by atoms with Crippen molar-refractivity contribution in [1.82, 2.24) is 0 Å². The van der Waals surface area contributed by atoms with Crippen molar-refractivity contribution in [2.24, 2.45) is 22.7 Å². The van der Waals surface area contributed by atoms with Gasteiger partial charge in [0.15, 0.2) is 14.6 Å². The second-order valence-corrected chi connectivity index (χ2v) is 15.8. The normalized spacial score (nSPS) is 43.7. The van der Waals surface area contributed by atoms with Gasteiger partial charge in [-0.15, -0.1) is 23.2 Å². The summed E-state index contributed by atoms with van der Waals surface area (Å²) >= 11 is 13.8. The van der Waals surface area contributed by atoms with Crippen LogP contribution in [-0.4, -0.2) is 45.2 Å². The highest BCUT2D eigenvalue weighted by molar-refractivity contribution is 6.69. The van der Waals surface area contributed by atoms with Crippen LogP contribution in [0.15, 0.2) is 12.2 Å². The van der Waals surface area contributed by atoms with E-state index in [0.717, 1.165) is 25.7 Å². The van der Waals surface area contributed by atoms with Crippen LogP contribution in [0.4, 0.5) is 0 Å². The van der Waals surface area contributed by atoms with Crippen molar-refractivity contribution in [3.8, 4) is 0 Å². The van der Waals surface area contributed by atoms with E-state index in [1.54, 1.807) is 0 Å². The van der Waals surface area contributed by atoms with Crippen molar-refractivity contribution in [2.45, 2.75) is 76.2 Å². The van der Waals surface area contributed by atoms with Gasteiger partial charge >= 0.3 is 0 Å². The molecule has 0 aromatic rings. The van der Waals surface area contributed by atoms with Gasteiger partial charge in [0, 0.05) is 18.4 Å². The molecule has 3 rings (SSSR count). The van der Waals surface area contributed by atoms with Crippen LogP contribution in [0.2, 0.25) is 19.6 Å². The molecule has 1 saturated heterocycles. The zero-order valence-electron chi connectivity index (χ0n) is 17.5. The lowest BCUT2D eigenvalue weighted by Gasteiger charge is -2.61. The molecular weight excluding hydrogens is 399 g/mol. The van der Waals surface area contributed by atoms with E-state index < -0.39 is 8.32 Å². The Morgan fingerprint density at radius 1 is 1.19 bits per heavy atom. The third-order valence-corrected chi connectivity index (χ3v) is 9.50. The van der Waals surface area contributed by atoms with Crippen molar-refractivity contribution in [3.63, 3.8) is 0 Å². The summed E-state index contributed by atoms with van der Waals surface area (Å²) in [7, 11) is -1.64. The van der Waals surface area contributed by atoms with Gasteiger partial charge < -0.3 is 13.9 Å². The molecule has 1 aliphatic heterocycles. The van der Waals surface area contributed by atoms with Gasteiger partial charge in [0.05, 0.1) is 24.0 Å². The molecule has 0 bridgehead atoms. The minimum absolute atomic E-state index is 0.0417. The number of fused-ring (bicyclic) bond motifs is 1. The van der Waals surface area contributed by atoms with Crippen LogP contribution in [0.5, 0.6) is 0 Å². The maximum absolute atomic E-state index is 6.97. The summed E-state index contributed by atoms with van der Waals surface area (Å²) in [5.74, 6) is 0.798. The lowest BCUT2D eigenvalue weighted by Crippen LogP contribution is -2.60. The topological polar surface area (TPSA) is 27.7 Å². The molecule has 0 N–H and O–H groups in total. The van der Waals surface area contributed by atoms with E-state index in [0.29, 0.717) is 31.7 Å². The van der Waals surface area contributed by atoms with Crippen molar-refractivity contribution in [3.05, 3.63) is 12.2 Å². The maximum Gasteiger partial charge on any atom is 0.183 e. The third kappa shape index (κ3) is 4.31. The highest BCUT2D eigenvalue weighted by Gasteiger charge is 2.60. The molecule has 0 spiro atoms. The van der Waals surface area contributed by atoms with Gasteiger partial charge in [0.1, 0.15) is 0 Å². The second kappa shape index (κ2) is 7.92. The average Bonchev–Trinajstić information content (AvgIpc) is 3.07. The fourth-order valence-corrected chi connectivity index (χ4v) is 7.43. The van der Waals surface area contributed by atoms with Gasteiger partial charge in [-0.2, -0.15) is 0 Å². The molecule has 3 fully saturated rings. The Labute approximate surface area is 176 Å². The summed E-state index contributed by atoms with van der Waals surface area (Å²) < 4.78 is 18.0. The van der Waals surface area contributed by atoms with E-state index in [4.69, 9.17) is 37.1 Å². The molecular formula is C21H36Cl2O3Si. The first-order valence-corrected chi connectivity index (χ1v) is 14.6. The molecule has 1 heterocycles. The Kier molecular flexibility index (Phi) is 6.49. The summed E-state index contributed by atoms with van der Waals surface area (Å²) in [5.41, 5.74) is 1.22. The van der Waals surface area contributed by atoms with Gasteiger partial charge in [-0.05, 0) is 56.2 Å². The molecule has 6 heteroatoms. The second-order valence-electron chi connectivity index (χ2n) is 10.2. The lowest BCUT2D eigenvalue weighted by atomic mass is 9.46. The molecule has 27 heavy (non-hydrogen) atoms. The molecule has 3 aliphatic rings. The first kappa shape index (κ1) is 22.1. The third-order valence-electron chi connectivity index (χ3n) is 7.15. The molecule has 0 radical (unpaired) electrons. The van der Waals surface area contributed by atoms with E-state index in [9.17, 15) is 0 Å². The Morgan fingerprint density at radius 2 is 1.81 bits per heavy atom. The highest BCUT2D eigenvalue weighted by atomic mass is 35.5. The predicted octanol–water partition coefficient (Wildman–Crippen LogP) is 5.81. The van der Waals surface area contributed by atoms with Crippen molar-refractivity contribution < 1.29 is 13.9 Å². The van der Waals surface area contributed by atoms with E-state index in [1.165, 1.54) is 5.57 Å². The molecule has 0 aromatic carbocycles. The smallest absolute Gasteiger partial charge is 0.183 e. The zero-order valence-corrected chi connectivity index (χ0v) is 20.0. The van der Waals surface area contributed by atoms with Crippen LogP contribution in [0, 0.1) is 22.7 Å². The Hall–Kier alpha value is 0.417.